The molecule has 1 aromatic rings. The van der Waals surface area contributed by atoms with E-state index in [1.54, 1.807) is 0 Å². The molecule has 0 radical (unpaired) electrons. The highest BCUT2D eigenvalue weighted by atomic mass is 15.3. The summed E-state index contributed by atoms with van der Waals surface area (Å²) in [6.45, 7) is 4.34. The summed E-state index contributed by atoms with van der Waals surface area (Å²) in [6.07, 6.45) is 6.42. The fraction of sp³-hybridized carbons (Fsp3) is 0.727. The summed E-state index contributed by atoms with van der Waals surface area (Å²) in [5, 5.41) is 4.42. The zero-order valence-corrected chi connectivity index (χ0v) is 9.01. The third kappa shape index (κ3) is 3.21. The topological polar surface area (TPSA) is 17.8 Å². The van der Waals surface area contributed by atoms with E-state index in [1.807, 2.05) is 11.7 Å². The Morgan fingerprint density at radius 1 is 1.31 bits per heavy atom. The molecule has 2 nitrogen and oxygen atoms in total. The molecule has 0 aliphatic carbocycles. The standard InChI is InChI=1S/C11H20N2/c1-4-5-6-7-8-11-9-10(2)13(3)12-11/h9H,4-8H2,1-3H3. The van der Waals surface area contributed by atoms with Crippen LogP contribution in [0.15, 0.2) is 6.07 Å². The SMILES string of the molecule is CCCCCCc1cc(C)n(C)n1. The van der Waals surface area contributed by atoms with E-state index in [1.165, 1.54) is 37.1 Å². The van der Waals surface area contributed by atoms with Crippen molar-refractivity contribution in [1.29, 1.82) is 0 Å². The van der Waals surface area contributed by atoms with Crippen LogP contribution >= 0.6 is 0 Å². The van der Waals surface area contributed by atoms with Crippen molar-refractivity contribution in [3.05, 3.63) is 17.5 Å². The molecule has 2 heteroatoms. The largest absolute Gasteiger partial charge is 0.273 e. The van der Waals surface area contributed by atoms with Crippen LogP contribution in [0.25, 0.3) is 0 Å². The number of unbranched alkanes of at least 4 members (excludes halogenated alkanes) is 3. The first-order valence-electron chi connectivity index (χ1n) is 5.23. The van der Waals surface area contributed by atoms with Crippen molar-refractivity contribution in [2.45, 2.75) is 46.0 Å². The number of hydrogen-bond acceptors (Lipinski definition) is 1. The Kier molecular flexibility index (Phi) is 4.00. The highest BCUT2D eigenvalue weighted by Crippen LogP contribution is 2.07. The number of aryl methyl sites for hydroxylation is 3. The lowest BCUT2D eigenvalue weighted by molar-refractivity contribution is 0.647. The summed E-state index contributed by atoms with van der Waals surface area (Å²) in [7, 11) is 2.00. The van der Waals surface area contributed by atoms with Gasteiger partial charge in [0.05, 0.1) is 5.69 Å². The number of hydrogen-bond donors (Lipinski definition) is 0. The normalized spacial score (nSPS) is 10.7. The van der Waals surface area contributed by atoms with Gasteiger partial charge in [-0.2, -0.15) is 5.10 Å². The molecule has 0 fully saturated rings. The van der Waals surface area contributed by atoms with Gasteiger partial charge in [0.1, 0.15) is 0 Å². The highest BCUT2D eigenvalue weighted by molar-refractivity contribution is 5.08. The van der Waals surface area contributed by atoms with E-state index in [4.69, 9.17) is 0 Å². The van der Waals surface area contributed by atoms with Gasteiger partial charge in [0.2, 0.25) is 0 Å². The third-order valence-corrected chi connectivity index (χ3v) is 2.45. The summed E-state index contributed by atoms with van der Waals surface area (Å²) in [5.41, 5.74) is 2.50. The van der Waals surface area contributed by atoms with E-state index in [2.05, 4.69) is 25.0 Å². The van der Waals surface area contributed by atoms with Gasteiger partial charge in [-0.25, -0.2) is 0 Å². The van der Waals surface area contributed by atoms with Crippen LogP contribution in [0.2, 0.25) is 0 Å². The van der Waals surface area contributed by atoms with Crippen molar-refractivity contribution in [1.82, 2.24) is 9.78 Å². The van der Waals surface area contributed by atoms with Gasteiger partial charge in [-0.05, 0) is 25.8 Å². The zero-order chi connectivity index (χ0) is 9.68. The van der Waals surface area contributed by atoms with Gasteiger partial charge in [0.15, 0.2) is 0 Å². The molecule has 0 unspecified atom stereocenters. The average Bonchev–Trinajstić information content (AvgIpc) is 2.41. The molecule has 0 aliphatic rings. The lowest BCUT2D eigenvalue weighted by Crippen LogP contribution is -1.93. The minimum Gasteiger partial charge on any atom is -0.273 e. The number of nitrogens with zero attached hydrogens (tertiary/aromatic N) is 2. The third-order valence-electron chi connectivity index (χ3n) is 2.45. The summed E-state index contributed by atoms with van der Waals surface area (Å²) in [6, 6.07) is 2.19. The average molecular weight is 180 g/mol. The van der Waals surface area contributed by atoms with Crippen LogP contribution in [0.5, 0.6) is 0 Å². The van der Waals surface area contributed by atoms with Crippen molar-refractivity contribution in [3.63, 3.8) is 0 Å². The Morgan fingerprint density at radius 2 is 2.08 bits per heavy atom. The second kappa shape index (κ2) is 5.05. The summed E-state index contributed by atoms with van der Waals surface area (Å²) < 4.78 is 1.95. The Labute approximate surface area is 81.0 Å². The first-order valence-corrected chi connectivity index (χ1v) is 5.23. The molecule has 0 aliphatic heterocycles. The Bertz CT molecular complexity index is 231. The molecule has 13 heavy (non-hydrogen) atoms. The fourth-order valence-electron chi connectivity index (χ4n) is 1.49. The number of aromatic nitrogens is 2. The van der Waals surface area contributed by atoms with Crippen LogP contribution < -0.4 is 0 Å². The predicted molar refractivity (Wildman–Crippen MR) is 55.8 cm³/mol. The Balaban J connectivity index is 2.29. The van der Waals surface area contributed by atoms with E-state index >= 15 is 0 Å². The monoisotopic (exact) mass is 180 g/mol. The van der Waals surface area contributed by atoms with Crippen molar-refractivity contribution in [2.24, 2.45) is 7.05 Å². The molecule has 0 saturated carbocycles. The maximum Gasteiger partial charge on any atom is 0.0627 e. The first kappa shape index (κ1) is 10.3. The minimum absolute atomic E-state index is 1.14. The molecule has 1 rings (SSSR count). The molecule has 0 saturated heterocycles. The maximum atomic E-state index is 4.42. The van der Waals surface area contributed by atoms with Crippen LogP contribution in [0.3, 0.4) is 0 Å². The molecule has 74 valence electrons. The van der Waals surface area contributed by atoms with Gasteiger partial charge in [-0.1, -0.05) is 26.2 Å². The summed E-state index contributed by atoms with van der Waals surface area (Å²) >= 11 is 0. The Hall–Kier alpha value is -0.790. The molecule has 0 spiro atoms. The zero-order valence-electron chi connectivity index (χ0n) is 9.01. The van der Waals surface area contributed by atoms with Gasteiger partial charge in [0.25, 0.3) is 0 Å². The number of rotatable bonds is 5. The maximum absolute atomic E-state index is 4.42. The van der Waals surface area contributed by atoms with Gasteiger partial charge in [0, 0.05) is 12.7 Å². The molecule has 0 aromatic carbocycles. The van der Waals surface area contributed by atoms with E-state index < -0.39 is 0 Å². The molecular formula is C11H20N2. The van der Waals surface area contributed by atoms with Crippen LogP contribution in [0.4, 0.5) is 0 Å². The molecule has 0 atom stereocenters. The van der Waals surface area contributed by atoms with E-state index in [9.17, 15) is 0 Å². The Morgan fingerprint density at radius 3 is 2.62 bits per heavy atom. The second-order valence-corrected chi connectivity index (χ2v) is 3.71. The van der Waals surface area contributed by atoms with Crippen molar-refractivity contribution in [2.75, 3.05) is 0 Å². The second-order valence-electron chi connectivity index (χ2n) is 3.71. The smallest absolute Gasteiger partial charge is 0.0627 e. The van der Waals surface area contributed by atoms with Crippen LogP contribution in [0, 0.1) is 6.92 Å². The van der Waals surface area contributed by atoms with Crippen molar-refractivity contribution in [3.8, 4) is 0 Å². The predicted octanol–water partition coefficient (Wildman–Crippen LogP) is 2.85. The highest BCUT2D eigenvalue weighted by Gasteiger charge is 1.99. The molecular weight excluding hydrogens is 160 g/mol. The van der Waals surface area contributed by atoms with Gasteiger partial charge in [-0.15, -0.1) is 0 Å². The molecule has 0 N–H and O–H groups in total. The lowest BCUT2D eigenvalue weighted by atomic mass is 10.1. The van der Waals surface area contributed by atoms with Crippen LogP contribution in [-0.2, 0) is 13.5 Å². The first-order chi connectivity index (χ1) is 6.24. The molecule has 0 amide bonds. The van der Waals surface area contributed by atoms with Crippen LogP contribution in [0.1, 0.15) is 44.0 Å². The van der Waals surface area contributed by atoms with Crippen LogP contribution in [-0.4, -0.2) is 9.78 Å². The summed E-state index contributed by atoms with van der Waals surface area (Å²) in [4.78, 5) is 0. The van der Waals surface area contributed by atoms with Crippen molar-refractivity contribution >= 4 is 0 Å². The molecule has 0 bridgehead atoms. The van der Waals surface area contributed by atoms with Gasteiger partial charge < -0.3 is 0 Å². The quantitative estimate of drug-likeness (QED) is 0.637. The van der Waals surface area contributed by atoms with E-state index in [-0.39, 0.29) is 0 Å². The molecule has 1 aromatic heterocycles. The molecule has 1 heterocycles. The fourth-order valence-corrected chi connectivity index (χ4v) is 1.49. The van der Waals surface area contributed by atoms with E-state index in [0.717, 1.165) is 6.42 Å². The van der Waals surface area contributed by atoms with E-state index in [0.29, 0.717) is 0 Å². The summed E-state index contributed by atoms with van der Waals surface area (Å²) in [5.74, 6) is 0. The van der Waals surface area contributed by atoms with Gasteiger partial charge >= 0.3 is 0 Å². The minimum atomic E-state index is 1.14. The van der Waals surface area contributed by atoms with Gasteiger partial charge in [-0.3, -0.25) is 4.68 Å². The van der Waals surface area contributed by atoms with Crippen molar-refractivity contribution < 1.29 is 0 Å². The lowest BCUT2D eigenvalue weighted by Gasteiger charge is -1.95.